The number of carbonyl (C=O) groups is 2. The van der Waals surface area contributed by atoms with E-state index < -0.39 is 29.9 Å². The van der Waals surface area contributed by atoms with Crippen molar-refractivity contribution in [3.63, 3.8) is 0 Å². The molecule has 0 bridgehead atoms. The molecule has 1 amide bonds. The Morgan fingerprint density at radius 1 is 1.33 bits per heavy atom. The van der Waals surface area contributed by atoms with E-state index >= 15 is 0 Å². The molecule has 1 fully saturated rings. The van der Waals surface area contributed by atoms with Gasteiger partial charge in [-0.2, -0.15) is 13.2 Å². The lowest BCUT2D eigenvalue weighted by atomic mass is 9.99. The molecule has 1 aliphatic rings. The molecule has 0 aromatic rings. The summed E-state index contributed by atoms with van der Waals surface area (Å²) < 4.78 is 36.1. The smallest absolute Gasteiger partial charge is 0.471 e. The Kier molecular flexibility index (Phi) is 2.92. The van der Waals surface area contributed by atoms with Crippen LogP contribution in [0.1, 0.15) is 6.92 Å². The first-order valence-electron chi connectivity index (χ1n) is 4.32. The Morgan fingerprint density at radius 2 is 1.87 bits per heavy atom. The molecule has 0 aliphatic carbocycles. The van der Waals surface area contributed by atoms with E-state index in [2.05, 4.69) is 0 Å². The molecule has 2 unspecified atom stereocenters. The number of hydrogen-bond acceptors (Lipinski definition) is 2. The second kappa shape index (κ2) is 3.71. The molecule has 2 atom stereocenters. The Morgan fingerprint density at radius 3 is 2.20 bits per heavy atom. The summed E-state index contributed by atoms with van der Waals surface area (Å²) in [5.74, 6) is -4.48. The number of amides is 1. The number of carboxylic acid groups (broad SMARTS) is 1. The van der Waals surface area contributed by atoms with Crippen molar-refractivity contribution in [3.05, 3.63) is 0 Å². The number of carboxylic acids is 1. The quantitative estimate of drug-likeness (QED) is 0.715. The van der Waals surface area contributed by atoms with Gasteiger partial charge in [0.05, 0.1) is 5.92 Å². The SMILES string of the molecule is CC1CN(C(=O)C(F)(F)F)CC1C(=O)O. The molecule has 15 heavy (non-hydrogen) atoms. The van der Waals surface area contributed by atoms with Gasteiger partial charge in [-0.1, -0.05) is 6.92 Å². The lowest BCUT2D eigenvalue weighted by Gasteiger charge is -2.17. The molecule has 1 aliphatic heterocycles. The van der Waals surface area contributed by atoms with Crippen molar-refractivity contribution in [2.24, 2.45) is 11.8 Å². The van der Waals surface area contributed by atoms with Gasteiger partial charge in [0.15, 0.2) is 0 Å². The Bertz CT molecular complexity index is 289. The summed E-state index contributed by atoms with van der Waals surface area (Å²) in [5.41, 5.74) is 0. The monoisotopic (exact) mass is 225 g/mol. The molecule has 0 spiro atoms. The van der Waals surface area contributed by atoms with Crippen LogP contribution in [-0.4, -0.2) is 41.1 Å². The van der Waals surface area contributed by atoms with Crippen LogP contribution < -0.4 is 0 Å². The third-order valence-electron chi connectivity index (χ3n) is 2.46. The van der Waals surface area contributed by atoms with Crippen LogP contribution in [0.15, 0.2) is 0 Å². The van der Waals surface area contributed by atoms with E-state index in [0.717, 1.165) is 0 Å². The highest BCUT2D eigenvalue weighted by Gasteiger charge is 2.47. The molecule has 1 heterocycles. The fourth-order valence-corrected chi connectivity index (χ4v) is 1.63. The van der Waals surface area contributed by atoms with Gasteiger partial charge >= 0.3 is 18.1 Å². The first-order chi connectivity index (χ1) is 6.73. The lowest BCUT2D eigenvalue weighted by Crippen LogP contribution is -2.40. The average Bonchev–Trinajstić information content (AvgIpc) is 2.44. The second-order valence-electron chi connectivity index (χ2n) is 3.63. The van der Waals surface area contributed by atoms with Gasteiger partial charge in [0.25, 0.3) is 0 Å². The van der Waals surface area contributed by atoms with Crippen molar-refractivity contribution < 1.29 is 27.9 Å². The standard InChI is InChI=1S/C8H10F3NO3/c1-4-2-12(3-5(4)6(13)14)7(15)8(9,10)11/h4-5H,2-3H2,1H3,(H,13,14). The molecule has 1 saturated heterocycles. The van der Waals surface area contributed by atoms with Crippen LogP contribution in [0.4, 0.5) is 13.2 Å². The number of halogens is 3. The Labute approximate surface area is 83.7 Å². The van der Waals surface area contributed by atoms with Crippen molar-refractivity contribution >= 4 is 11.9 Å². The lowest BCUT2D eigenvalue weighted by molar-refractivity contribution is -0.184. The number of nitrogens with zero attached hydrogens (tertiary/aromatic N) is 1. The zero-order chi connectivity index (χ0) is 11.8. The number of rotatable bonds is 1. The molecular weight excluding hydrogens is 215 g/mol. The van der Waals surface area contributed by atoms with Crippen molar-refractivity contribution in [1.29, 1.82) is 0 Å². The van der Waals surface area contributed by atoms with Crippen LogP contribution in [-0.2, 0) is 9.59 Å². The third kappa shape index (κ3) is 2.40. The van der Waals surface area contributed by atoms with Gasteiger partial charge in [-0.25, -0.2) is 0 Å². The van der Waals surface area contributed by atoms with E-state index in [-0.39, 0.29) is 13.1 Å². The van der Waals surface area contributed by atoms with Gasteiger partial charge in [0, 0.05) is 13.1 Å². The Hall–Kier alpha value is -1.27. The minimum Gasteiger partial charge on any atom is -0.481 e. The summed E-state index contributed by atoms with van der Waals surface area (Å²) in [6.45, 7) is 0.993. The normalized spacial score (nSPS) is 26.8. The largest absolute Gasteiger partial charge is 0.481 e. The number of alkyl halides is 3. The Balaban J connectivity index is 2.71. The first kappa shape index (κ1) is 11.8. The maximum Gasteiger partial charge on any atom is 0.471 e. The van der Waals surface area contributed by atoms with E-state index in [4.69, 9.17) is 5.11 Å². The van der Waals surface area contributed by atoms with Gasteiger partial charge in [0.2, 0.25) is 0 Å². The topological polar surface area (TPSA) is 57.6 Å². The van der Waals surface area contributed by atoms with Gasteiger partial charge in [-0.3, -0.25) is 9.59 Å². The molecule has 1 N–H and O–H groups in total. The van der Waals surface area contributed by atoms with E-state index in [1.165, 1.54) is 6.92 Å². The van der Waals surface area contributed by atoms with Crippen LogP contribution >= 0.6 is 0 Å². The van der Waals surface area contributed by atoms with Gasteiger partial charge in [-0.05, 0) is 5.92 Å². The van der Waals surface area contributed by atoms with Crippen LogP contribution in [0.3, 0.4) is 0 Å². The zero-order valence-electron chi connectivity index (χ0n) is 7.91. The number of hydrogen-bond donors (Lipinski definition) is 1. The van der Waals surface area contributed by atoms with Crippen LogP contribution in [0, 0.1) is 11.8 Å². The van der Waals surface area contributed by atoms with Crippen LogP contribution in [0.5, 0.6) is 0 Å². The van der Waals surface area contributed by atoms with E-state index in [1.807, 2.05) is 0 Å². The summed E-state index contributed by atoms with van der Waals surface area (Å²) >= 11 is 0. The number of carbonyl (C=O) groups excluding carboxylic acids is 1. The molecule has 4 nitrogen and oxygen atoms in total. The van der Waals surface area contributed by atoms with Gasteiger partial charge in [0.1, 0.15) is 0 Å². The van der Waals surface area contributed by atoms with Gasteiger partial charge in [-0.15, -0.1) is 0 Å². The van der Waals surface area contributed by atoms with Crippen molar-refractivity contribution in [2.75, 3.05) is 13.1 Å². The molecule has 86 valence electrons. The summed E-state index contributed by atoms with van der Waals surface area (Å²) in [5, 5.41) is 8.67. The van der Waals surface area contributed by atoms with Crippen LogP contribution in [0.25, 0.3) is 0 Å². The van der Waals surface area contributed by atoms with E-state index in [0.29, 0.717) is 4.90 Å². The molecule has 0 aromatic carbocycles. The molecule has 0 saturated carbocycles. The number of likely N-dealkylation sites (tertiary alicyclic amines) is 1. The molecule has 1 rings (SSSR count). The average molecular weight is 225 g/mol. The summed E-state index contributed by atoms with van der Waals surface area (Å²) in [4.78, 5) is 21.9. The van der Waals surface area contributed by atoms with Crippen molar-refractivity contribution in [3.8, 4) is 0 Å². The molecule has 0 aromatic heterocycles. The molecule has 0 radical (unpaired) electrons. The third-order valence-corrected chi connectivity index (χ3v) is 2.46. The fourth-order valence-electron chi connectivity index (χ4n) is 1.63. The fraction of sp³-hybridized carbons (Fsp3) is 0.750. The van der Waals surface area contributed by atoms with E-state index in [1.54, 1.807) is 0 Å². The van der Waals surface area contributed by atoms with E-state index in [9.17, 15) is 22.8 Å². The van der Waals surface area contributed by atoms with Crippen LogP contribution in [0.2, 0.25) is 0 Å². The number of aliphatic carboxylic acids is 1. The van der Waals surface area contributed by atoms with Gasteiger partial charge < -0.3 is 10.0 Å². The predicted octanol–water partition coefficient (Wildman–Crippen LogP) is 0.728. The zero-order valence-corrected chi connectivity index (χ0v) is 7.91. The first-order valence-corrected chi connectivity index (χ1v) is 4.32. The highest BCUT2D eigenvalue weighted by Crippen LogP contribution is 2.27. The summed E-state index contributed by atoms with van der Waals surface area (Å²) in [6, 6.07) is 0. The summed E-state index contributed by atoms with van der Waals surface area (Å²) in [7, 11) is 0. The predicted molar refractivity (Wildman–Crippen MR) is 42.9 cm³/mol. The highest BCUT2D eigenvalue weighted by atomic mass is 19.4. The minimum atomic E-state index is -4.92. The molecule has 7 heteroatoms. The minimum absolute atomic E-state index is 0.157. The highest BCUT2D eigenvalue weighted by molar-refractivity contribution is 5.83. The van der Waals surface area contributed by atoms with Crippen molar-refractivity contribution in [1.82, 2.24) is 4.90 Å². The maximum atomic E-state index is 12.0. The van der Waals surface area contributed by atoms with Crippen molar-refractivity contribution in [2.45, 2.75) is 13.1 Å². The summed E-state index contributed by atoms with van der Waals surface area (Å²) in [6.07, 6.45) is -4.92. The maximum absolute atomic E-state index is 12.0. The second-order valence-corrected chi connectivity index (χ2v) is 3.63. The molecular formula is C8H10F3NO3.